The summed E-state index contributed by atoms with van der Waals surface area (Å²) in [6, 6.07) is 0. The third kappa shape index (κ3) is 11.3. The molecule has 0 unspecified atom stereocenters. The summed E-state index contributed by atoms with van der Waals surface area (Å²) in [6.07, 6.45) is 23.7. The van der Waals surface area contributed by atoms with Crippen molar-refractivity contribution in [3.05, 3.63) is 72.9 Å². The smallest absolute Gasteiger partial charge is 0.330 e. The Balaban J connectivity index is 4.23. The topological polar surface area (TPSA) is 35.5 Å². The Kier molecular flexibility index (Phi) is 15.8. The van der Waals surface area contributed by atoms with Crippen molar-refractivity contribution in [2.75, 3.05) is 13.2 Å². The van der Waals surface area contributed by atoms with Gasteiger partial charge in [-0.05, 0) is 30.0 Å². The number of carbonyl (C=O) groups excluding carboxylic acids is 1. The lowest BCUT2D eigenvalue weighted by Crippen LogP contribution is -2.47. The van der Waals surface area contributed by atoms with E-state index in [2.05, 4.69) is 53.7 Å². The number of esters is 1. The van der Waals surface area contributed by atoms with Crippen molar-refractivity contribution in [2.24, 2.45) is 0 Å². The van der Waals surface area contributed by atoms with Gasteiger partial charge in [0.1, 0.15) is 0 Å². The summed E-state index contributed by atoms with van der Waals surface area (Å²) in [4.78, 5) is 11.1. The van der Waals surface area contributed by atoms with Gasteiger partial charge in [-0.2, -0.15) is 0 Å². The molecule has 0 aromatic heterocycles. The third-order valence-corrected chi connectivity index (χ3v) is 11.1. The first-order chi connectivity index (χ1) is 14.3. The fourth-order valence-electron chi connectivity index (χ4n) is 3.82. The van der Waals surface area contributed by atoms with E-state index >= 15 is 0 Å². The molecule has 4 heteroatoms. The second-order valence-electron chi connectivity index (χ2n) is 8.03. The number of hydrogen-bond donors (Lipinski definition) is 0. The quantitative estimate of drug-likeness (QED) is 0.0942. The first-order valence-electron chi connectivity index (χ1n) is 11.1. The van der Waals surface area contributed by atoms with Crippen LogP contribution in [0.15, 0.2) is 72.9 Å². The van der Waals surface area contributed by atoms with Crippen LogP contribution in [0.25, 0.3) is 0 Å². The van der Waals surface area contributed by atoms with E-state index in [1.165, 1.54) is 6.08 Å². The molecule has 168 valence electrons. The van der Waals surface area contributed by atoms with E-state index in [0.717, 1.165) is 13.0 Å². The predicted octanol–water partition coefficient (Wildman–Crippen LogP) is 7.47. The lowest BCUT2D eigenvalue weighted by Gasteiger charge is -2.42. The van der Waals surface area contributed by atoms with Gasteiger partial charge in [0.05, 0.1) is 6.61 Å². The zero-order valence-corrected chi connectivity index (χ0v) is 21.0. The molecule has 0 atom stereocenters. The van der Waals surface area contributed by atoms with E-state index in [-0.39, 0.29) is 5.97 Å². The summed E-state index contributed by atoms with van der Waals surface area (Å²) < 4.78 is 11.3. The lowest BCUT2D eigenvalue weighted by molar-refractivity contribution is -0.137. The minimum absolute atomic E-state index is 0.322. The molecule has 0 bridgehead atoms. The van der Waals surface area contributed by atoms with Gasteiger partial charge in [0.15, 0.2) is 8.32 Å². The number of hydrogen-bond acceptors (Lipinski definition) is 3. The second-order valence-corrected chi connectivity index (χ2v) is 13.5. The molecule has 0 aromatic rings. The predicted molar refractivity (Wildman–Crippen MR) is 133 cm³/mol. The SMILES string of the molecule is CCOC(=O)/C=C/C=C/C=C/C=C/C=C/C=C/CCO[Si](C(C)C)(C(C)C)C(C)C. The Labute approximate surface area is 186 Å². The standard InChI is InChI=1S/C26H42O3Si/c1-8-28-26(27)21-19-17-15-13-11-9-10-12-14-16-18-20-22-29-30(23(2)3,24(4)5)25(6)7/h9-19,21,23-25H,8,20,22H2,1-7H3/b10-9+,13-11+,14-12+,17-15+,18-16+,21-19+. The van der Waals surface area contributed by atoms with Crippen LogP contribution in [0.5, 0.6) is 0 Å². The minimum Gasteiger partial charge on any atom is -0.463 e. The molecular weight excluding hydrogens is 388 g/mol. The van der Waals surface area contributed by atoms with Crippen molar-refractivity contribution >= 4 is 14.3 Å². The molecule has 0 rings (SSSR count). The number of carbonyl (C=O) groups is 1. The van der Waals surface area contributed by atoms with Crippen molar-refractivity contribution in [3.8, 4) is 0 Å². The molecule has 0 amide bonds. The van der Waals surface area contributed by atoms with Crippen molar-refractivity contribution < 1.29 is 14.0 Å². The molecule has 0 N–H and O–H groups in total. The average Bonchev–Trinajstić information content (AvgIpc) is 2.67. The Morgan fingerprint density at radius 1 is 0.733 bits per heavy atom. The zero-order chi connectivity index (χ0) is 22.8. The Morgan fingerprint density at radius 3 is 1.60 bits per heavy atom. The molecule has 30 heavy (non-hydrogen) atoms. The van der Waals surface area contributed by atoms with Crippen molar-refractivity contribution in [1.29, 1.82) is 0 Å². The van der Waals surface area contributed by atoms with Gasteiger partial charge in [0.2, 0.25) is 0 Å². The molecule has 0 aromatic carbocycles. The van der Waals surface area contributed by atoms with Crippen LogP contribution in [0.4, 0.5) is 0 Å². The molecule has 0 fully saturated rings. The maximum Gasteiger partial charge on any atom is 0.330 e. The van der Waals surface area contributed by atoms with Crippen LogP contribution in [-0.2, 0) is 14.0 Å². The highest BCUT2D eigenvalue weighted by molar-refractivity contribution is 6.77. The molecule has 0 saturated heterocycles. The van der Waals surface area contributed by atoms with Crippen molar-refractivity contribution in [2.45, 2.75) is 71.5 Å². The summed E-state index contributed by atoms with van der Waals surface area (Å²) in [6.45, 7) is 16.9. The lowest BCUT2D eigenvalue weighted by atomic mass is 10.3. The Bertz CT molecular complexity index is 613. The molecule has 0 radical (unpaired) electrons. The van der Waals surface area contributed by atoms with Gasteiger partial charge in [0, 0.05) is 12.7 Å². The van der Waals surface area contributed by atoms with E-state index in [4.69, 9.17) is 9.16 Å². The molecule has 0 aliphatic rings. The second kappa shape index (κ2) is 16.8. The molecule has 3 nitrogen and oxygen atoms in total. The van der Waals surface area contributed by atoms with E-state index in [0.29, 0.717) is 23.2 Å². The van der Waals surface area contributed by atoms with Gasteiger partial charge in [-0.3, -0.25) is 0 Å². The number of rotatable bonds is 14. The molecule has 0 aliphatic carbocycles. The Morgan fingerprint density at radius 2 is 1.17 bits per heavy atom. The van der Waals surface area contributed by atoms with Gasteiger partial charge in [-0.15, -0.1) is 0 Å². The van der Waals surface area contributed by atoms with E-state index in [1.54, 1.807) is 19.1 Å². The number of allylic oxidation sites excluding steroid dienone is 10. The average molecular weight is 431 g/mol. The van der Waals surface area contributed by atoms with Crippen LogP contribution >= 0.6 is 0 Å². The fourth-order valence-corrected chi connectivity index (χ4v) is 9.29. The van der Waals surface area contributed by atoms with E-state index in [1.807, 2.05) is 42.5 Å². The number of ether oxygens (including phenoxy) is 1. The highest BCUT2D eigenvalue weighted by atomic mass is 28.4. The maximum absolute atomic E-state index is 11.1. The summed E-state index contributed by atoms with van der Waals surface area (Å²) in [5, 5.41) is 0. The van der Waals surface area contributed by atoms with Gasteiger partial charge in [0.25, 0.3) is 0 Å². The van der Waals surface area contributed by atoms with E-state index in [9.17, 15) is 4.79 Å². The van der Waals surface area contributed by atoms with Gasteiger partial charge in [-0.25, -0.2) is 4.79 Å². The highest BCUT2D eigenvalue weighted by Gasteiger charge is 2.44. The van der Waals surface area contributed by atoms with E-state index < -0.39 is 8.32 Å². The van der Waals surface area contributed by atoms with Crippen LogP contribution in [0.2, 0.25) is 16.6 Å². The zero-order valence-electron chi connectivity index (χ0n) is 20.0. The van der Waals surface area contributed by atoms with Crippen LogP contribution in [0.3, 0.4) is 0 Å². The van der Waals surface area contributed by atoms with Crippen molar-refractivity contribution in [1.82, 2.24) is 0 Å². The van der Waals surface area contributed by atoms with Gasteiger partial charge in [-0.1, -0.05) is 108 Å². The van der Waals surface area contributed by atoms with Crippen LogP contribution in [-0.4, -0.2) is 27.5 Å². The molecular formula is C26H42O3Si. The largest absolute Gasteiger partial charge is 0.463 e. The highest BCUT2D eigenvalue weighted by Crippen LogP contribution is 2.42. The van der Waals surface area contributed by atoms with Gasteiger partial charge >= 0.3 is 5.97 Å². The van der Waals surface area contributed by atoms with Crippen LogP contribution < -0.4 is 0 Å². The Hall–Kier alpha value is -1.91. The first-order valence-corrected chi connectivity index (χ1v) is 13.2. The maximum atomic E-state index is 11.1. The molecule has 0 spiro atoms. The summed E-state index contributed by atoms with van der Waals surface area (Å²) in [7, 11) is -1.74. The molecule has 0 heterocycles. The van der Waals surface area contributed by atoms with Crippen LogP contribution in [0, 0.1) is 0 Å². The molecule has 0 saturated carbocycles. The van der Waals surface area contributed by atoms with Gasteiger partial charge < -0.3 is 9.16 Å². The summed E-state index contributed by atoms with van der Waals surface area (Å²) in [5.41, 5.74) is 1.88. The summed E-state index contributed by atoms with van der Waals surface area (Å²) >= 11 is 0. The fraction of sp³-hybridized carbons (Fsp3) is 0.500. The van der Waals surface area contributed by atoms with Crippen molar-refractivity contribution in [3.63, 3.8) is 0 Å². The first kappa shape index (κ1) is 28.1. The van der Waals surface area contributed by atoms with Crippen LogP contribution in [0.1, 0.15) is 54.9 Å². The molecule has 0 aliphatic heterocycles. The summed E-state index contributed by atoms with van der Waals surface area (Å²) in [5.74, 6) is -0.322. The minimum atomic E-state index is -1.74. The third-order valence-electron chi connectivity index (χ3n) is 5.00. The normalized spacial score (nSPS) is 13.9. The monoisotopic (exact) mass is 430 g/mol.